The molecule has 6 heteroatoms. The molecule has 0 saturated heterocycles. The van der Waals surface area contributed by atoms with Gasteiger partial charge in [-0.15, -0.1) is 0 Å². The van der Waals surface area contributed by atoms with Crippen LogP contribution in [0.25, 0.3) is 0 Å². The predicted molar refractivity (Wildman–Crippen MR) is 82.7 cm³/mol. The van der Waals surface area contributed by atoms with Crippen molar-refractivity contribution in [3.05, 3.63) is 65.2 Å². The molecule has 3 nitrogen and oxygen atoms in total. The molecule has 0 fully saturated rings. The van der Waals surface area contributed by atoms with E-state index in [1.54, 1.807) is 24.3 Å². The van der Waals surface area contributed by atoms with Crippen molar-refractivity contribution >= 4 is 17.4 Å². The highest BCUT2D eigenvalue weighted by atomic mass is 19.4. The van der Waals surface area contributed by atoms with Crippen molar-refractivity contribution in [2.24, 2.45) is 0 Å². The Kier molecular flexibility index (Phi) is 3.91. The number of carbonyl (C=O) groups excluding carboxylic acids is 2. The van der Waals surface area contributed by atoms with Crippen LogP contribution in [0.15, 0.2) is 48.5 Å². The molecular weight excluding hydrogens is 319 g/mol. The summed E-state index contributed by atoms with van der Waals surface area (Å²) in [6, 6.07) is 10.7. The molecule has 0 radical (unpaired) electrons. The number of hydrogen-bond acceptors (Lipinski definition) is 2. The highest BCUT2D eigenvalue weighted by Gasteiger charge is 2.35. The topological polar surface area (TPSA) is 37.4 Å². The molecule has 0 saturated carbocycles. The average molecular weight is 333 g/mol. The van der Waals surface area contributed by atoms with Crippen LogP contribution < -0.4 is 4.90 Å². The fourth-order valence-corrected chi connectivity index (χ4v) is 3.01. The van der Waals surface area contributed by atoms with Gasteiger partial charge in [0.15, 0.2) is 5.78 Å². The summed E-state index contributed by atoms with van der Waals surface area (Å²) < 4.78 is 38.1. The molecule has 1 heterocycles. The fourth-order valence-electron chi connectivity index (χ4n) is 3.01. The second kappa shape index (κ2) is 5.78. The Labute approximate surface area is 136 Å². The molecule has 124 valence electrons. The lowest BCUT2D eigenvalue weighted by Crippen LogP contribution is -2.38. The average Bonchev–Trinajstić information content (AvgIpc) is 2.53. The van der Waals surface area contributed by atoms with Crippen molar-refractivity contribution in [1.82, 2.24) is 0 Å². The third-order valence-corrected chi connectivity index (χ3v) is 4.12. The number of hydrogen-bond donors (Lipinski definition) is 0. The molecule has 1 amide bonds. The number of nitrogens with zero attached hydrogens (tertiary/aromatic N) is 1. The van der Waals surface area contributed by atoms with Crippen LogP contribution in [0.1, 0.15) is 40.9 Å². The molecule has 0 aliphatic carbocycles. The maximum atomic E-state index is 12.7. The molecule has 3 rings (SSSR count). The number of fused-ring (bicyclic) bond motifs is 1. The molecule has 2 aromatic rings. The minimum atomic E-state index is -4.42. The number of alkyl halides is 3. The van der Waals surface area contributed by atoms with Gasteiger partial charge in [-0.25, -0.2) is 0 Å². The van der Waals surface area contributed by atoms with Gasteiger partial charge in [0.25, 0.3) is 0 Å². The van der Waals surface area contributed by atoms with Gasteiger partial charge in [0, 0.05) is 18.9 Å². The van der Waals surface area contributed by atoms with Crippen molar-refractivity contribution in [3.8, 4) is 0 Å². The summed E-state index contributed by atoms with van der Waals surface area (Å²) in [5.41, 5.74) is 0.686. The second-order valence-electron chi connectivity index (χ2n) is 5.67. The number of carbonyl (C=O) groups is 2. The third-order valence-electron chi connectivity index (χ3n) is 4.12. The zero-order valence-electron chi connectivity index (χ0n) is 12.8. The van der Waals surface area contributed by atoms with Gasteiger partial charge < -0.3 is 4.90 Å². The van der Waals surface area contributed by atoms with Crippen LogP contribution >= 0.6 is 0 Å². The van der Waals surface area contributed by atoms with E-state index in [2.05, 4.69) is 0 Å². The molecule has 24 heavy (non-hydrogen) atoms. The van der Waals surface area contributed by atoms with E-state index in [-0.39, 0.29) is 18.1 Å². The smallest absolute Gasteiger partial charge is 0.304 e. The summed E-state index contributed by atoms with van der Waals surface area (Å²) >= 11 is 0. The number of benzene rings is 2. The van der Waals surface area contributed by atoms with E-state index in [9.17, 15) is 22.8 Å². The summed E-state index contributed by atoms with van der Waals surface area (Å²) in [5, 5.41) is 0. The Morgan fingerprint density at radius 2 is 1.71 bits per heavy atom. The van der Waals surface area contributed by atoms with Crippen LogP contribution in [0, 0.1) is 0 Å². The summed E-state index contributed by atoms with van der Waals surface area (Å²) in [6.45, 7) is 1.38. The quantitative estimate of drug-likeness (QED) is 0.776. The van der Waals surface area contributed by atoms with Gasteiger partial charge in [-0.3, -0.25) is 9.59 Å². The Morgan fingerprint density at radius 3 is 2.29 bits per heavy atom. The van der Waals surface area contributed by atoms with Crippen LogP contribution in [-0.2, 0) is 11.0 Å². The maximum Gasteiger partial charge on any atom is 0.416 e. The number of ketones is 1. The van der Waals surface area contributed by atoms with Crippen LogP contribution in [0.2, 0.25) is 0 Å². The molecule has 2 aromatic carbocycles. The van der Waals surface area contributed by atoms with Gasteiger partial charge in [-0.2, -0.15) is 13.2 Å². The van der Waals surface area contributed by atoms with Crippen molar-refractivity contribution < 1.29 is 22.8 Å². The van der Waals surface area contributed by atoms with Gasteiger partial charge in [0.05, 0.1) is 17.3 Å². The van der Waals surface area contributed by atoms with E-state index < -0.39 is 17.8 Å². The normalized spacial score (nSPS) is 17.6. The Hall–Kier alpha value is -2.63. The SMILES string of the molecule is CC(=O)N1c2ccccc2C(=O)CC1c1ccc(C(F)(F)F)cc1. The van der Waals surface area contributed by atoms with Crippen LogP contribution in [0.3, 0.4) is 0 Å². The monoisotopic (exact) mass is 333 g/mol. The second-order valence-corrected chi connectivity index (χ2v) is 5.67. The van der Waals surface area contributed by atoms with E-state index >= 15 is 0 Å². The number of para-hydroxylation sites is 1. The summed E-state index contributed by atoms with van der Waals surface area (Å²) in [7, 11) is 0. The third kappa shape index (κ3) is 2.79. The molecule has 0 aromatic heterocycles. The van der Waals surface area contributed by atoms with Crippen LogP contribution in [0.4, 0.5) is 18.9 Å². The Balaban J connectivity index is 2.04. The predicted octanol–water partition coefficient (Wildman–Crippen LogP) is 4.39. The zero-order valence-corrected chi connectivity index (χ0v) is 12.8. The largest absolute Gasteiger partial charge is 0.416 e. The van der Waals surface area contributed by atoms with Crippen LogP contribution in [0.5, 0.6) is 0 Å². The Morgan fingerprint density at radius 1 is 1.08 bits per heavy atom. The molecule has 1 unspecified atom stereocenters. The lowest BCUT2D eigenvalue weighted by atomic mass is 9.90. The minimum absolute atomic E-state index is 0.0436. The van der Waals surface area contributed by atoms with Gasteiger partial charge >= 0.3 is 6.18 Å². The summed E-state index contributed by atoms with van der Waals surface area (Å²) in [6.07, 6.45) is -4.38. The first-order valence-corrected chi connectivity index (χ1v) is 7.38. The number of halogens is 3. The lowest BCUT2D eigenvalue weighted by molar-refractivity contribution is -0.137. The Bertz CT molecular complexity index is 797. The first kappa shape index (κ1) is 16.2. The van der Waals surface area contributed by atoms with E-state index in [4.69, 9.17) is 0 Å². The minimum Gasteiger partial charge on any atom is -0.304 e. The van der Waals surface area contributed by atoms with Crippen molar-refractivity contribution in [1.29, 1.82) is 0 Å². The molecule has 1 aliphatic rings. The maximum absolute atomic E-state index is 12.7. The number of rotatable bonds is 1. The van der Waals surface area contributed by atoms with Crippen LogP contribution in [-0.4, -0.2) is 11.7 Å². The number of anilines is 1. The van der Waals surface area contributed by atoms with Gasteiger partial charge in [-0.05, 0) is 29.8 Å². The lowest BCUT2D eigenvalue weighted by Gasteiger charge is -2.36. The highest BCUT2D eigenvalue weighted by molar-refractivity contribution is 6.09. The summed E-state index contributed by atoms with van der Waals surface area (Å²) in [4.78, 5) is 25.9. The van der Waals surface area contributed by atoms with E-state index in [1.807, 2.05) is 0 Å². The van der Waals surface area contributed by atoms with E-state index in [0.717, 1.165) is 12.1 Å². The fraction of sp³-hybridized carbons (Fsp3) is 0.222. The molecule has 1 atom stereocenters. The molecule has 0 N–H and O–H groups in total. The van der Waals surface area contributed by atoms with Crippen molar-refractivity contribution in [2.75, 3.05) is 4.90 Å². The number of Topliss-reactive ketones (excluding diaryl/α,β-unsaturated/α-hetero) is 1. The zero-order chi connectivity index (χ0) is 17.5. The molecule has 1 aliphatic heterocycles. The number of amides is 1. The first-order chi connectivity index (χ1) is 11.3. The molecule has 0 spiro atoms. The van der Waals surface area contributed by atoms with Crippen molar-refractivity contribution in [3.63, 3.8) is 0 Å². The molecule has 0 bridgehead atoms. The standard InChI is InChI=1S/C18H14F3NO2/c1-11(23)22-15-5-3-2-4-14(15)17(24)10-16(22)12-6-8-13(9-7-12)18(19,20)21/h2-9,16H,10H2,1H3. The van der Waals surface area contributed by atoms with Gasteiger partial charge in [0.2, 0.25) is 5.91 Å². The van der Waals surface area contributed by atoms with E-state index in [1.165, 1.54) is 24.0 Å². The highest BCUT2D eigenvalue weighted by Crippen LogP contribution is 2.39. The van der Waals surface area contributed by atoms with Gasteiger partial charge in [0.1, 0.15) is 0 Å². The van der Waals surface area contributed by atoms with E-state index in [0.29, 0.717) is 16.8 Å². The first-order valence-electron chi connectivity index (χ1n) is 7.38. The molecular formula is C18H14F3NO2. The van der Waals surface area contributed by atoms with Crippen molar-refractivity contribution in [2.45, 2.75) is 25.6 Å². The summed E-state index contributed by atoms with van der Waals surface area (Å²) in [5.74, 6) is -0.396. The van der Waals surface area contributed by atoms with Gasteiger partial charge in [-0.1, -0.05) is 24.3 Å².